The van der Waals surface area contributed by atoms with E-state index in [9.17, 15) is 0 Å². The van der Waals surface area contributed by atoms with Gasteiger partial charge in [-0.15, -0.1) is 23.7 Å². The van der Waals surface area contributed by atoms with Crippen LogP contribution in [-0.4, -0.2) is 22.9 Å². The maximum atomic E-state index is 4.67. The van der Waals surface area contributed by atoms with Gasteiger partial charge in [0, 0.05) is 13.0 Å². The molecule has 3 nitrogen and oxygen atoms in total. The highest BCUT2D eigenvalue weighted by molar-refractivity contribution is 7.17. The van der Waals surface area contributed by atoms with Crippen molar-refractivity contribution in [3.05, 3.63) is 17.1 Å². The minimum absolute atomic E-state index is 0. The second-order valence-corrected chi connectivity index (χ2v) is 5.08. The largest absolute Gasteiger partial charge is 0.317 e. The third-order valence-corrected chi connectivity index (χ3v) is 4.14. The Morgan fingerprint density at radius 1 is 1.44 bits per heavy atom. The molecule has 0 unspecified atom stereocenters. The summed E-state index contributed by atoms with van der Waals surface area (Å²) in [5.74, 6) is 0.661. The normalized spacial score (nSPS) is 17.6. The van der Waals surface area contributed by atoms with Gasteiger partial charge in [0.15, 0.2) is 0 Å². The molecule has 3 rings (SSSR count). The molecular weight excluding hydrogens is 242 g/mol. The number of hydrogen-bond acceptors (Lipinski definition) is 3. The standard InChI is InChI=1S/C11H15N3S.ClH/c1-14-9-4-7-15-11(9)10(13-14)8-2-5-12-6-3-8;/h4,7-8,12H,2-3,5-6H2,1H3;1H. The average molecular weight is 258 g/mol. The Hall–Kier alpha value is -0.580. The first-order valence-electron chi connectivity index (χ1n) is 5.47. The number of thiophene rings is 1. The average Bonchev–Trinajstić information content (AvgIpc) is 2.84. The summed E-state index contributed by atoms with van der Waals surface area (Å²) in [6.07, 6.45) is 2.45. The monoisotopic (exact) mass is 257 g/mol. The maximum absolute atomic E-state index is 4.67. The number of piperidine rings is 1. The fourth-order valence-corrected chi connectivity index (χ4v) is 3.35. The zero-order chi connectivity index (χ0) is 10.3. The van der Waals surface area contributed by atoms with Crippen molar-refractivity contribution in [1.29, 1.82) is 0 Å². The molecular formula is C11H16ClN3S. The van der Waals surface area contributed by atoms with Gasteiger partial charge in [0.2, 0.25) is 0 Å². The van der Waals surface area contributed by atoms with Crippen LogP contribution in [0, 0.1) is 0 Å². The van der Waals surface area contributed by atoms with E-state index in [-0.39, 0.29) is 12.4 Å². The lowest BCUT2D eigenvalue weighted by Crippen LogP contribution is -2.26. The van der Waals surface area contributed by atoms with Crippen molar-refractivity contribution in [3.63, 3.8) is 0 Å². The molecule has 0 saturated carbocycles. The van der Waals surface area contributed by atoms with Crippen LogP contribution < -0.4 is 5.32 Å². The van der Waals surface area contributed by atoms with Crippen molar-refractivity contribution in [2.75, 3.05) is 13.1 Å². The lowest BCUT2D eigenvalue weighted by molar-refractivity contribution is 0.452. The Morgan fingerprint density at radius 3 is 2.94 bits per heavy atom. The molecule has 0 spiro atoms. The van der Waals surface area contributed by atoms with E-state index in [0.29, 0.717) is 5.92 Å². The quantitative estimate of drug-likeness (QED) is 0.851. The minimum atomic E-state index is 0. The summed E-state index contributed by atoms with van der Waals surface area (Å²) < 4.78 is 3.41. The van der Waals surface area contributed by atoms with Gasteiger partial charge < -0.3 is 5.32 Å². The predicted molar refractivity (Wildman–Crippen MR) is 70.7 cm³/mol. The van der Waals surface area contributed by atoms with Crippen LogP contribution in [0.4, 0.5) is 0 Å². The van der Waals surface area contributed by atoms with Gasteiger partial charge in [0.1, 0.15) is 0 Å². The summed E-state index contributed by atoms with van der Waals surface area (Å²) in [7, 11) is 2.04. The van der Waals surface area contributed by atoms with Crippen molar-refractivity contribution in [1.82, 2.24) is 15.1 Å². The van der Waals surface area contributed by atoms with Crippen molar-refractivity contribution in [2.45, 2.75) is 18.8 Å². The Labute approximate surface area is 105 Å². The molecule has 1 saturated heterocycles. The highest BCUT2D eigenvalue weighted by atomic mass is 35.5. The van der Waals surface area contributed by atoms with Gasteiger partial charge in [-0.2, -0.15) is 5.10 Å². The molecule has 2 aromatic heterocycles. The Bertz CT molecular complexity index is 470. The molecule has 0 aromatic carbocycles. The topological polar surface area (TPSA) is 29.9 Å². The number of halogens is 1. The molecule has 0 radical (unpaired) electrons. The molecule has 1 aliphatic rings. The van der Waals surface area contributed by atoms with Crippen molar-refractivity contribution in [2.24, 2.45) is 7.05 Å². The van der Waals surface area contributed by atoms with E-state index < -0.39 is 0 Å². The zero-order valence-electron chi connectivity index (χ0n) is 9.27. The molecule has 0 atom stereocenters. The Balaban J connectivity index is 0.000000963. The third kappa shape index (κ3) is 1.85. The summed E-state index contributed by atoms with van der Waals surface area (Å²) in [5.41, 5.74) is 2.61. The highest BCUT2D eigenvalue weighted by Crippen LogP contribution is 2.33. The van der Waals surface area contributed by atoms with Crippen molar-refractivity contribution < 1.29 is 0 Å². The molecule has 1 fully saturated rings. The lowest BCUT2D eigenvalue weighted by Gasteiger charge is -2.20. The number of aryl methyl sites for hydroxylation is 1. The molecule has 0 bridgehead atoms. The number of hydrogen-bond donors (Lipinski definition) is 1. The van der Waals surface area contributed by atoms with E-state index in [0.717, 1.165) is 13.1 Å². The fraction of sp³-hybridized carbons (Fsp3) is 0.545. The summed E-state index contributed by atoms with van der Waals surface area (Å²) in [6, 6.07) is 2.16. The van der Waals surface area contributed by atoms with E-state index in [1.54, 1.807) is 0 Å². The van der Waals surface area contributed by atoms with Gasteiger partial charge in [-0.05, 0) is 37.4 Å². The molecule has 5 heteroatoms. The number of fused-ring (bicyclic) bond motifs is 1. The number of nitrogens with one attached hydrogen (secondary N) is 1. The van der Waals surface area contributed by atoms with E-state index in [4.69, 9.17) is 0 Å². The fourth-order valence-electron chi connectivity index (χ4n) is 2.37. The van der Waals surface area contributed by atoms with Gasteiger partial charge in [0.05, 0.1) is 15.9 Å². The van der Waals surface area contributed by atoms with E-state index in [2.05, 4.69) is 21.9 Å². The molecule has 3 heterocycles. The van der Waals surface area contributed by atoms with Gasteiger partial charge >= 0.3 is 0 Å². The first kappa shape index (κ1) is 11.9. The van der Waals surface area contributed by atoms with Crippen LogP contribution in [-0.2, 0) is 7.05 Å². The highest BCUT2D eigenvalue weighted by Gasteiger charge is 2.21. The van der Waals surface area contributed by atoms with Crippen molar-refractivity contribution in [3.8, 4) is 0 Å². The van der Waals surface area contributed by atoms with Gasteiger partial charge in [-0.3, -0.25) is 4.68 Å². The number of nitrogens with zero attached hydrogens (tertiary/aromatic N) is 2. The molecule has 0 amide bonds. The van der Waals surface area contributed by atoms with Crippen molar-refractivity contribution >= 4 is 34.0 Å². The van der Waals surface area contributed by atoms with E-state index in [1.807, 2.05) is 23.1 Å². The second kappa shape index (κ2) is 4.73. The Morgan fingerprint density at radius 2 is 2.19 bits per heavy atom. The summed E-state index contributed by atoms with van der Waals surface area (Å²) in [5, 5.41) is 10.2. The van der Waals surface area contributed by atoms with Crippen LogP contribution in [0.5, 0.6) is 0 Å². The van der Waals surface area contributed by atoms with E-state index in [1.165, 1.54) is 28.8 Å². The predicted octanol–water partition coefficient (Wildman–Crippen LogP) is 2.52. The molecule has 88 valence electrons. The van der Waals surface area contributed by atoms with Gasteiger partial charge in [-0.25, -0.2) is 0 Å². The van der Waals surface area contributed by atoms with Gasteiger partial charge in [0.25, 0.3) is 0 Å². The van der Waals surface area contributed by atoms with Crippen LogP contribution in [0.15, 0.2) is 11.4 Å². The maximum Gasteiger partial charge on any atom is 0.0834 e. The summed E-state index contributed by atoms with van der Waals surface area (Å²) in [4.78, 5) is 0. The van der Waals surface area contributed by atoms with Gasteiger partial charge in [-0.1, -0.05) is 0 Å². The number of aromatic nitrogens is 2. The third-order valence-electron chi connectivity index (χ3n) is 3.21. The van der Waals surface area contributed by atoms with Crippen LogP contribution >= 0.6 is 23.7 Å². The van der Waals surface area contributed by atoms with Crippen LogP contribution in [0.2, 0.25) is 0 Å². The lowest BCUT2D eigenvalue weighted by atomic mass is 9.95. The first-order chi connectivity index (χ1) is 7.36. The van der Waals surface area contributed by atoms with E-state index >= 15 is 0 Å². The molecule has 16 heavy (non-hydrogen) atoms. The zero-order valence-corrected chi connectivity index (χ0v) is 10.9. The summed E-state index contributed by atoms with van der Waals surface area (Å²) in [6.45, 7) is 2.27. The second-order valence-electron chi connectivity index (χ2n) is 4.17. The number of rotatable bonds is 1. The van der Waals surface area contributed by atoms with Crippen LogP contribution in [0.25, 0.3) is 10.2 Å². The Kier molecular flexibility index (Phi) is 3.52. The molecule has 0 aliphatic carbocycles. The smallest absolute Gasteiger partial charge is 0.0834 e. The minimum Gasteiger partial charge on any atom is -0.317 e. The van der Waals surface area contributed by atoms with Crippen LogP contribution in [0.3, 0.4) is 0 Å². The molecule has 1 N–H and O–H groups in total. The SMILES string of the molecule is Cl.Cn1nc(C2CCNCC2)c2sccc21. The molecule has 2 aromatic rings. The summed E-state index contributed by atoms with van der Waals surface area (Å²) >= 11 is 1.82. The first-order valence-corrected chi connectivity index (χ1v) is 6.35. The van der Waals surface area contributed by atoms with Crippen LogP contribution in [0.1, 0.15) is 24.5 Å². The molecule has 1 aliphatic heterocycles.